The van der Waals surface area contributed by atoms with Gasteiger partial charge >= 0.3 is 0 Å². The molecule has 3 nitrogen and oxygen atoms in total. The summed E-state index contributed by atoms with van der Waals surface area (Å²) < 4.78 is 24.9. The molecule has 0 bridgehead atoms. The first-order chi connectivity index (χ1) is 10.6. The van der Waals surface area contributed by atoms with Crippen LogP contribution in [0.1, 0.15) is 39.5 Å². The van der Waals surface area contributed by atoms with E-state index in [1.807, 2.05) is 0 Å². The fraction of sp³-hybridized carbons (Fsp3) is 0.667. The Balaban J connectivity index is 1.50. The number of rotatable bonds is 5. The number of halogens is 1. The molecule has 1 saturated heterocycles. The Labute approximate surface area is 132 Å². The van der Waals surface area contributed by atoms with Gasteiger partial charge in [-0.25, -0.2) is 4.39 Å². The number of hydrogen-bond acceptors (Lipinski definition) is 3. The van der Waals surface area contributed by atoms with Gasteiger partial charge in [0.15, 0.2) is 0 Å². The molecule has 1 aromatic rings. The van der Waals surface area contributed by atoms with E-state index in [1.165, 1.54) is 37.8 Å². The van der Waals surface area contributed by atoms with Gasteiger partial charge in [-0.05, 0) is 51.0 Å². The van der Waals surface area contributed by atoms with Gasteiger partial charge in [0.25, 0.3) is 0 Å². The third-order valence-corrected chi connectivity index (χ3v) is 4.58. The van der Waals surface area contributed by atoms with E-state index in [2.05, 4.69) is 18.7 Å². The molecule has 0 amide bonds. The molecule has 22 heavy (non-hydrogen) atoms. The Morgan fingerprint density at radius 3 is 2.45 bits per heavy atom. The van der Waals surface area contributed by atoms with E-state index in [4.69, 9.17) is 9.47 Å². The molecule has 2 unspecified atom stereocenters. The number of likely N-dealkylation sites (tertiary alicyclic amines) is 1. The summed E-state index contributed by atoms with van der Waals surface area (Å²) in [6.45, 7) is 6.12. The van der Waals surface area contributed by atoms with Crippen LogP contribution < -0.4 is 4.74 Å². The second-order valence-corrected chi connectivity index (χ2v) is 6.72. The van der Waals surface area contributed by atoms with E-state index in [9.17, 15) is 4.39 Å². The highest BCUT2D eigenvalue weighted by atomic mass is 19.1. The van der Waals surface area contributed by atoms with Crippen molar-refractivity contribution in [1.82, 2.24) is 4.90 Å². The molecule has 1 heterocycles. The highest BCUT2D eigenvalue weighted by Gasteiger charge is 2.39. The van der Waals surface area contributed by atoms with Crippen LogP contribution in [0.5, 0.6) is 5.75 Å². The Hall–Kier alpha value is -1.13. The van der Waals surface area contributed by atoms with Crippen molar-refractivity contribution in [2.24, 2.45) is 0 Å². The standard InChI is InChI=1S/C18H26FNO2/c1-13(2)21-18-6-4-3-5-17(18)20-11-16(12-20)22-15-9-7-14(19)8-10-15/h7-10,13,16-18H,3-6,11-12H2,1-2H3. The van der Waals surface area contributed by atoms with Crippen molar-refractivity contribution in [3.8, 4) is 5.75 Å². The van der Waals surface area contributed by atoms with Gasteiger partial charge in [-0.1, -0.05) is 12.8 Å². The van der Waals surface area contributed by atoms with Gasteiger partial charge in [0.2, 0.25) is 0 Å². The second kappa shape index (κ2) is 6.97. The number of hydrogen-bond donors (Lipinski definition) is 0. The largest absolute Gasteiger partial charge is 0.488 e. The van der Waals surface area contributed by atoms with Gasteiger partial charge in [-0.15, -0.1) is 0 Å². The minimum atomic E-state index is -0.224. The summed E-state index contributed by atoms with van der Waals surface area (Å²) in [6, 6.07) is 6.81. The molecule has 0 radical (unpaired) electrons. The maximum Gasteiger partial charge on any atom is 0.124 e. The van der Waals surface area contributed by atoms with Gasteiger partial charge in [-0.2, -0.15) is 0 Å². The molecule has 2 aliphatic rings. The van der Waals surface area contributed by atoms with Crippen LogP contribution in [0.15, 0.2) is 24.3 Å². The van der Waals surface area contributed by atoms with Crippen molar-refractivity contribution in [2.75, 3.05) is 13.1 Å². The Kier molecular flexibility index (Phi) is 4.99. The molecular formula is C18H26FNO2. The number of ether oxygens (including phenoxy) is 2. The minimum Gasteiger partial charge on any atom is -0.488 e. The Bertz CT molecular complexity index is 470. The normalized spacial score (nSPS) is 26.9. The quantitative estimate of drug-likeness (QED) is 0.829. The smallest absolute Gasteiger partial charge is 0.124 e. The minimum absolute atomic E-state index is 0.215. The first kappa shape index (κ1) is 15.8. The Morgan fingerprint density at radius 2 is 1.77 bits per heavy atom. The fourth-order valence-electron chi connectivity index (χ4n) is 3.52. The molecule has 122 valence electrons. The van der Waals surface area contributed by atoms with Crippen LogP contribution >= 0.6 is 0 Å². The van der Waals surface area contributed by atoms with Crippen LogP contribution in [0.25, 0.3) is 0 Å². The SMILES string of the molecule is CC(C)OC1CCCCC1N1CC(Oc2ccc(F)cc2)C1. The van der Waals surface area contributed by atoms with E-state index in [1.54, 1.807) is 12.1 Å². The van der Waals surface area contributed by atoms with E-state index < -0.39 is 0 Å². The molecule has 1 aromatic carbocycles. The lowest BCUT2D eigenvalue weighted by Crippen LogP contribution is -2.61. The lowest BCUT2D eigenvalue weighted by atomic mass is 9.89. The highest BCUT2D eigenvalue weighted by molar-refractivity contribution is 5.22. The Morgan fingerprint density at radius 1 is 1.09 bits per heavy atom. The molecular weight excluding hydrogens is 281 g/mol. The lowest BCUT2D eigenvalue weighted by molar-refractivity contribution is -0.102. The molecule has 2 atom stereocenters. The summed E-state index contributed by atoms with van der Waals surface area (Å²) in [5, 5.41) is 0. The van der Waals surface area contributed by atoms with Gasteiger partial charge in [0.1, 0.15) is 17.7 Å². The molecule has 3 rings (SSSR count). The topological polar surface area (TPSA) is 21.7 Å². The first-order valence-electron chi connectivity index (χ1n) is 8.43. The van der Waals surface area contributed by atoms with Gasteiger partial charge in [0.05, 0.1) is 12.2 Å². The average molecular weight is 307 g/mol. The molecule has 2 fully saturated rings. The summed E-state index contributed by atoms with van der Waals surface area (Å²) in [7, 11) is 0. The van der Waals surface area contributed by atoms with Gasteiger partial charge < -0.3 is 9.47 Å². The molecule has 1 saturated carbocycles. The molecule has 0 spiro atoms. The molecule has 4 heteroatoms. The molecule has 1 aliphatic carbocycles. The van der Waals surface area contributed by atoms with E-state index in [0.717, 1.165) is 18.8 Å². The van der Waals surface area contributed by atoms with Crippen molar-refractivity contribution in [2.45, 2.75) is 63.9 Å². The monoisotopic (exact) mass is 307 g/mol. The third-order valence-electron chi connectivity index (χ3n) is 4.58. The van der Waals surface area contributed by atoms with E-state index >= 15 is 0 Å². The molecule has 1 aliphatic heterocycles. The second-order valence-electron chi connectivity index (χ2n) is 6.72. The van der Waals surface area contributed by atoms with Crippen LogP contribution in [0.3, 0.4) is 0 Å². The summed E-state index contributed by atoms with van der Waals surface area (Å²) >= 11 is 0. The van der Waals surface area contributed by atoms with Gasteiger partial charge in [0, 0.05) is 19.1 Å². The maximum absolute atomic E-state index is 12.9. The fourth-order valence-corrected chi connectivity index (χ4v) is 3.52. The zero-order valence-electron chi connectivity index (χ0n) is 13.5. The van der Waals surface area contributed by atoms with Crippen LogP contribution in [0, 0.1) is 5.82 Å². The summed E-state index contributed by atoms with van der Waals surface area (Å²) in [6.07, 6.45) is 5.83. The predicted octanol–water partition coefficient (Wildman–Crippen LogP) is 3.62. The van der Waals surface area contributed by atoms with Crippen LogP contribution in [-0.4, -0.2) is 42.3 Å². The lowest BCUT2D eigenvalue weighted by Gasteiger charge is -2.48. The maximum atomic E-state index is 12.9. The van der Waals surface area contributed by atoms with E-state index in [-0.39, 0.29) is 18.0 Å². The van der Waals surface area contributed by atoms with Crippen molar-refractivity contribution >= 4 is 0 Å². The zero-order valence-corrected chi connectivity index (χ0v) is 13.5. The van der Waals surface area contributed by atoms with E-state index in [0.29, 0.717) is 12.1 Å². The zero-order chi connectivity index (χ0) is 15.5. The average Bonchev–Trinajstić information content (AvgIpc) is 2.45. The summed E-state index contributed by atoms with van der Waals surface area (Å²) in [5.74, 6) is 0.531. The number of benzene rings is 1. The number of nitrogens with zero attached hydrogens (tertiary/aromatic N) is 1. The van der Waals surface area contributed by atoms with Crippen LogP contribution in [0.2, 0.25) is 0 Å². The molecule has 0 N–H and O–H groups in total. The third kappa shape index (κ3) is 3.79. The van der Waals surface area contributed by atoms with Crippen molar-refractivity contribution in [3.63, 3.8) is 0 Å². The van der Waals surface area contributed by atoms with Crippen LogP contribution in [-0.2, 0) is 4.74 Å². The first-order valence-corrected chi connectivity index (χ1v) is 8.43. The summed E-state index contributed by atoms with van der Waals surface area (Å²) in [4.78, 5) is 2.49. The predicted molar refractivity (Wildman–Crippen MR) is 84.7 cm³/mol. The van der Waals surface area contributed by atoms with Gasteiger partial charge in [-0.3, -0.25) is 4.90 Å². The van der Waals surface area contributed by atoms with Crippen molar-refractivity contribution < 1.29 is 13.9 Å². The van der Waals surface area contributed by atoms with Crippen LogP contribution in [0.4, 0.5) is 4.39 Å². The molecule has 0 aromatic heterocycles. The summed E-state index contributed by atoms with van der Waals surface area (Å²) in [5.41, 5.74) is 0. The van der Waals surface area contributed by atoms with Crippen molar-refractivity contribution in [1.29, 1.82) is 0 Å². The highest BCUT2D eigenvalue weighted by Crippen LogP contribution is 2.30. The van der Waals surface area contributed by atoms with Crippen molar-refractivity contribution in [3.05, 3.63) is 30.1 Å².